The maximum atomic E-state index is 14.0. The van der Waals surface area contributed by atoms with Crippen LogP contribution in [-0.4, -0.2) is 94.9 Å². The minimum Gasteiger partial charge on any atom is -0.391 e. The van der Waals surface area contributed by atoms with Gasteiger partial charge >= 0.3 is 0 Å². The Bertz CT molecular complexity index is 1310. The molecule has 0 aliphatic carbocycles. The van der Waals surface area contributed by atoms with Crippen molar-refractivity contribution in [2.75, 3.05) is 39.3 Å². The van der Waals surface area contributed by atoms with Gasteiger partial charge in [0.15, 0.2) is 5.78 Å². The Kier molecular flexibility index (Phi) is 9.42. The lowest BCUT2D eigenvalue weighted by molar-refractivity contribution is -0.144. The van der Waals surface area contributed by atoms with E-state index in [1.54, 1.807) is 11.3 Å². The van der Waals surface area contributed by atoms with Gasteiger partial charge < -0.3 is 20.6 Å². The topological polar surface area (TPSA) is 115 Å². The van der Waals surface area contributed by atoms with Gasteiger partial charge in [-0.15, -0.1) is 11.3 Å². The van der Waals surface area contributed by atoms with E-state index in [0.29, 0.717) is 5.41 Å². The smallest absolute Gasteiger partial charge is 0.246 e. The van der Waals surface area contributed by atoms with Crippen LogP contribution in [0.15, 0.2) is 29.8 Å². The number of carbonyl (C=O) groups excluding carboxylic acids is 3. The Balaban J connectivity index is 1.20. The van der Waals surface area contributed by atoms with E-state index >= 15 is 0 Å². The zero-order valence-electron chi connectivity index (χ0n) is 26.2. The summed E-state index contributed by atoms with van der Waals surface area (Å²) in [5.74, 6) is -0.584. The number of benzene rings is 1. The molecule has 1 aromatic carbocycles. The number of amides is 2. The second-order valence-corrected chi connectivity index (χ2v) is 15.0. The number of rotatable bonds is 9. The summed E-state index contributed by atoms with van der Waals surface area (Å²) in [5, 5.41) is 17.0. The minimum atomic E-state index is -0.796. The molecule has 3 fully saturated rings. The molecule has 3 N–H and O–H groups in total. The molecule has 1 spiro atoms. The number of hydrogen-bond donors (Lipinski definition) is 3. The second-order valence-electron chi connectivity index (χ2n) is 14.1. The molecule has 2 aromatic rings. The van der Waals surface area contributed by atoms with Crippen LogP contribution in [-0.2, 0) is 14.4 Å². The number of ketones is 1. The number of likely N-dealkylation sites (tertiary alicyclic amines) is 2. The van der Waals surface area contributed by atoms with Gasteiger partial charge in [0.1, 0.15) is 6.04 Å². The number of hydrogen-bond acceptors (Lipinski definition) is 8. The van der Waals surface area contributed by atoms with Crippen LogP contribution in [0.2, 0.25) is 0 Å². The Morgan fingerprint density at radius 3 is 2.44 bits per heavy atom. The fourth-order valence-corrected chi connectivity index (χ4v) is 7.78. The largest absolute Gasteiger partial charge is 0.391 e. The first-order chi connectivity index (χ1) is 20.3. The van der Waals surface area contributed by atoms with Gasteiger partial charge in [0.05, 0.1) is 34.8 Å². The molecular formula is C33H47N5O4S. The Hall–Kier alpha value is -2.66. The van der Waals surface area contributed by atoms with Crippen LogP contribution in [0.3, 0.4) is 0 Å². The Morgan fingerprint density at radius 1 is 1.16 bits per heavy atom. The lowest BCUT2D eigenvalue weighted by Crippen LogP contribution is -2.63. The van der Waals surface area contributed by atoms with E-state index in [4.69, 9.17) is 0 Å². The predicted molar refractivity (Wildman–Crippen MR) is 169 cm³/mol. The first-order valence-corrected chi connectivity index (χ1v) is 16.5. The SMILES string of the molecule is Cc1ncsc1-c1ccc([C@H](C)CC(=O)[C@@H]2C[C@@H](O)CN2C(=O)[C@@H](NC(=O)CN2CC3(CCNCC3)C2)C(C)(C)C)cc1. The highest BCUT2D eigenvalue weighted by atomic mass is 32.1. The number of thiazole rings is 1. The number of aryl methyl sites for hydroxylation is 1. The number of aliphatic hydroxyl groups is 1. The molecule has 0 unspecified atom stereocenters. The van der Waals surface area contributed by atoms with Crippen LogP contribution in [0.25, 0.3) is 10.4 Å². The summed E-state index contributed by atoms with van der Waals surface area (Å²) in [6, 6.07) is 6.73. The van der Waals surface area contributed by atoms with Gasteiger partial charge in [0.2, 0.25) is 11.8 Å². The fourth-order valence-electron chi connectivity index (χ4n) is 6.97. The van der Waals surface area contributed by atoms with E-state index in [1.807, 2.05) is 40.1 Å². The zero-order chi connectivity index (χ0) is 30.9. The quantitative estimate of drug-likeness (QED) is 0.400. The van der Waals surface area contributed by atoms with Crippen molar-refractivity contribution >= 4 is 28.9 Å². The maximum Gasteiger partial charge on any atom is 0.246 e. The van der Waals surface area contributed by atoms with Gasteiger partial charge in [-0.1, -0.05) is 52.0 Å². The van der Waals surface area contributed by atoms with Crippen molar-refractivity contribution in [2.24, 2.45) is 10.8 Å². The van der Waals surface area contributed by atoms with Gasteiger partial charge in [-0.3, -0.25) is 19.3 Å². The molecule has 1 aromatic heterocycles. The highest BCUT2D eigenvalue weighted by Gasteiger charge is 2.46. The molecule has 43 heavy (non-hydrogen) atoms. The summed E-state index contributed by atoms with van der Waals surface area (Å²) in [4.78, 5) is 49.8. The highest BCUT2D eigenvalue weighted by molar-refractivity contribution is 7.13. The normalized spacial score (nSPS) is 23.5. The molecule has 2 amide bonds. The number of nitrogens with zero attached hydrogens (tertiary/aromatic N) is 3. The van der Waals surface area contributed by atoms with Crippen molar-refractivity contribution < 1.29 is 19.5 Å². The van der Waals surface area contributed by atoms with Crippen molar-refractivity contribution in [1.29, 1.82) is 0 Å². The molecule has 5 rings (SSSR count). The van der Waals surface area contributed by atoms with Gasteiger partial charge in [0.25, 0.3) is 0 Å². The summed E-state index contributed by atoms with van der Waals surface area (Å²) in [7, 11) is 0. The van der Waals surface area contributed by atoms with Gasteiger partial charge in [0, 0.05) is 32.5 Å². The monoisotopic (exact) mass is 609 g/mol. The molecule has 0 bridgehead atoms. The molecule has 9 nitrogen and oxygen atoms in total. The van der Waals surface area contributed by atoms with Crippen molar-refractivity contribution in [3.05, 3.63) is 41.0 Å². The van der Waals surface area contributed by atoms with Crippen LogP contribution in [0.5, 0.6) is 0 Å². The lowest BCUT2D eigenvalue weighted by Gasteiger charge is -2.52. The summed E-state index contributed by atoms with van der Waals surface area (Å²) in [6.45, 7) is 14.0. The van der Waals surface area contributed by atoms with E-state index in [9.17, 15) is 19.5 Å². The molecule has 3 aliphatic heterocycles. The van der Waals surface area contributed by atoms with Gasteiger partial charge in [-0.25, -0.2) is 4.98 Å². The number of nitrogens with one attached hydrogen (secondary N) is 2. The minimum absolute atomic E-state index is 0.0447. The number of piperidine rings is 1. The third-order valence-electron chi connectivity index (χ3n) is 9.50. The van der Waals surface area contributed by atoms with Crippen molar-refractivity contribution in [3.8, 4) is 10.4 Å². The van der Waals surface area contributed by atoms with E-state index in [-0.39, 0.29) is 49.4 Å². The average Bonchev–Trinajstić information content (AvgIpc) is 3.56. The predicted octanol–water partition coefficient (Wildman–Crippen LogP) is 3.36. The van der Waals surface area contributed by atoms with Gasteiger partial charge in [-0.2, -0.15) is 0 Å². The summed E-state index contributed by atoms with van der Waals surface area (Å²) >= 11 is 1.61. The van der Waals surface area contributed by atoms with Crippen LogP contribution in [0, 0.1) is 17.8 Å². The van der Waals surface area contributed by atoms with Crippen molar-refractivity contribution in [1.82, 2.24) is 25.4 Å². The second kappa shape index (κ2) is 12.8. The maximum absolute atomic E-state index is 14.0. The molecule has 10 heteroatoms. The molecule has 4 heterocycles. The Labute approximate surface area is 259 Å². The Morgan fingerprint density at radius 2 is 1.84 bits per heavy atom. The lowest BCUT2D eigenvalue weighted by atomic mass is 9.72. The summed E-state index contributed by atoms with van der Waals surface area (Å²) < 4.78 is 0. The molecule has 0 saturated carbocycles. The first-order valence-electron chi connectivity index (χ1n) is 15.6. The van der Waals surface area contributed by atoms with Crippen LogP contribution in [0.1, 0.15) is 70.6 Å². The number of aromatic nitrogens is 1. The standard InChI is InChI=1S/C33H47N5O4S/c1-21(23-6-8-24(9-7-23)29-22(2)35-20-43-29)14-27(40)26-15-25(39)16-38(26)31(42)30(32(3,4)5)36-28(41)17-37-18-33(19-37)10-12-34-13-11-33/h6-9,20-21,25-26,30,34,39H,10-19H2,1-5H3,(H,36,41)/t21-,25-,26+,30-/m1/s1. The number of β-amino-alcohol motifs (C(OH)–C–C–N with tert-alkyl or cyclic N) is 1. The molecule has 3 aliphatic rings. The molecular weight excluding hydrogens is 562 g/mol. The van der Waals surface area contributed by atoms with Crippen LogP contribution >= 0.6 is 11.3 Å². The van der Waals surface area contributed by atoms with Crippen molar-refractivity contribution in [3.63, 3.8) is 0 Å². The molecule has 0 radical (unpaired) electrons. The van der Waals surface area contributed by atoms with E-state index in [1.165, 1.54) is 4.90 Å². The molecule has 4 atom stereocenters. The average molecular weight is 610 g/mol. The zero-order valence-corrected chi connectivity index (χ0v) is 27.0. The highest BCUT2D eigenvalue weighted by Crippen LogP contribution is 2.38. The summed E-state index contributed by atoms with van der Waals surface area (Å²) in [6.07, 6.45) is 1.98. The van der Waals surface area contributed by atoms with Gasteiger partial charge in [-0.05, 0) is 60.7 Å². The molecule has 3 saturated heterocycles. The molecule has 234 valence electrons. The van der Waals surface area contributed by atoms with Crippen LogP contribution in [0.4, 0.5) is 0 Å². The van der Waals surface area contributed by atoms with Crippen molar-refractivity contribution in [2.45, 2.75) is 84.4 Å². The number of carbonyl (C=O) groups is 3. The van der Waals surface area contributed by atoms with E-state index in [2.05, 4.69) is 44.8 Å². The van der Waals surface area contributed by atoms with Crippen LogP contribution < -0.4 is 10.6 Å². The van der Waals surface area contributed by atoms with E-state index < -0.39 is 23.6 Å². The third-order valence-corrected chi connectivity index (χ3v) is 10.5. The third kappa shape index (κ3) is 7.19. The fraction of sp³-hybridized carbons (Fsp3) is 0.636. The number of Topliss-reactive ketones (excluding diaryl/α,β-unsaturated/α-hetero) is 1. The summed E-state index contributed by atoms with van der Waals surface area (Å²) in [5.41, 5.74) is 4.76. The first kappa shape index (κ1) is 31.8. The van der Waals surface area contributed by atoms with E-state index in [0.717, 1.165) is 60.7 Å². The number of aliphatic hydroxyl groups excluding tert-OH is 1.